The summed E-state index contributed by atoms with van der Waals surface area (Å²) in [5.74, 6) is -3.58. The smallest absolute Gasteiger partial charge is 0.338 e. The van der Waals surface area contributed by atoms with Crippen molar-refractivity contribution in [3.63, 3.8) is 0 Å². The highest BCUT2D eigenvalue weighted by Gasteiger charge is 2.28. The van der Waals surface area contributed by atoms with Gasteiger partial charge in [-0.1, -0.05) is 12.1 Å². The van der Waals surface area contributed by atoms with Crippen LogP contribution in [-0.2, 0) is 14.8 Å². The number of nitrogens with one attached hydrogen (secondary N) is 1. The van der Waals surface area contributed by atoms with E-state index in [1.165, 1.54) is 30.3 Å². The van der Waals surface area contributed by atoms with Crippen molar-refractivity contribution in [2.75, 3.05) is 11.9 Å². The molecule has 0 bridgehead atoms. The molecule has 32 heavy (non-hydrogen) atoms. The zero-order valence-electron chi connectivity index (χ0n) is 16.2. The summed E-state index contributed by atoms with van der Waals surface area (Å²) in [7, 11) is -3.76. The SMILES string of the molecule is O=C(COC(=O)c1ccc(NC2=NS(=O)(=O)c3ccccc32)cc1)c1ccc(F)c(F)c1. The number of benzene rings is 3. The van der Waals surface area contributed by atoms with Gasteiger partial charge in [-0.25, -0.2) is 13.6 Å². The summed E-state index contributed by atoms with van der Waals surface area (Å²) >= 11 is 0. The third-order valence-electron chi connectivity index (χ3n) is 4.59. The fourth-order valence-corrected chi connectivity index (χ4v) is 4.17. The number of rotatable bonds is 5. The third kappa shape index (κ3) is 4.26. The van der Waals surface area contributed by atoms with Gasteiger partial charge in [-0.3, -0.25) is 4.79 Å². The van der Waals surface area contributed by atoms with Gasteiger partial charge in [-0.15, -0.1) is 4.40 Å². The number of halogens is 2. The van der Waals surface area contributed by atoms with E-state index in [-0.39, 0.29) is 21.9 Å². The lowest BCUT2D eigenvalue weighted by atomic mass is 10.1. The highest BCUT2D eigenvalue weighted by atomic mass is 32.2. The van der Waals surface area contributed by atoms with Gasteiger partial charge < -0.3 is 10.1 Å². The molecule has 1 aliphatic heterocycles. The van der Waals surface area contributed by atoms with Gasteiger partial charge >= 0.3 is 5.97 Å². The van der Waals surface area contributed by atoms with Crippen molar-refractivity contribution in [1.29, 1.82) is 0 Å². The number of sulfonamides is 1. The molecule has 0 aliphatic carbocycles. The number of carbonyl (C=O) groups excluding carboxylic acids is 2. The molecule has 0 aromatic heterocycles. The fourth-order valence-electron chi connectivity index (χ4n) is 2.99. The second-order valence-electron chi connectivity index (χ2n) is 6.74. The van der Waals surface area contributed by atoms with E-state index in [9.17, 15) is 26.8 Å². The number of hydrogen-bond donors (Lipinski definition) is 1. The highest BCUT2D eigenvalue weighted by Crippen LogP contribution is 2.26. The standard InChI is InChI=1S/C22H14F2N2O5S/c23-17-10-7-14(11-18(17)24)19(27)12-31-22(28)13-5-8-15(9-6-13)25-21-16-3-1-2-4-20(16)32(29,30)26-21/h1-11H,12H2,(H,25,26). The van der Waals surface area contributed by atoms with Gasteiger partial charge in [-0.2, -0.15) is 8.42 Å². The molecule has 162 valence electrons. The first-order valence-electron chi connectivity index (χ1n) is 9.21. The first-order valence-corrected chi connectivity index (χ1v) is 10.7. The van der Waals surface area contributed by atoms with Gasteiger partial charge in [-0.05, 0) is 54.6 Å². The Morgan fingerprint density at radius 1 is 0.906 bits per heavy atom. The van der Waals surface area contributed by atoms with Crippen LogP contribution < -0.4 is 5.32 Å². The molecule has 0 fully saturated rings. The largest absolute Gasteiger partial charge is 0.454 e. The number of ether oxygens (including phenoxy) is 1. The Bertz CT molecular complexity index is 1370. The molecule has 0 spiro atoms. The second kappa shape index (κ2) is 8.31. The molecule has 3 aromatic rings. The molecule has 0 saturated heterocycles. The summed E-state index contributed by atoms with van der Waals surface area (Å²) < 4.78 is 59.1. The minimum absolute atomic E-state index is 0.105. The Balaban J connectivity index is 1.40. The summed E-state index contributed by atoms with van der Waals surface area (Å²) in [5, 5.41) is 2.90. The lowest BCUT2D eigenvalue weighted by molar-refractivity contribution is 0.0474. The average Bonchev–Trinajstić information content (AvgIpc) is 3.04. The molecule has 0 unspecified atom stereocenters. The first-order chi connectivity index (χ1) is 15.2. The van der Waals surface area contributed by atoms with Crippen molar-refractivity contribution in [3.8, 4) is 0 Å². The summed E-state index contributed by atoms with van der Waals surface area (Å²) in [6.07, 6.45) is 0. The fraction of sp³-hybridized carbons (Fsp3) is 0.0455. The Kier molecular flexibility index (Phi) is 5.54. The minimum atomic E-state index is -3.76. The molecular formula is C22H14F2N2O5S. The minimum Gasteiger partial charge on any atom is -0.454 e. The number of ketones is 1. The van der Waals surface area contributed by atoms with Crippen molar-refractivity contribution in [3.05, 3.63) is 95.1 Å². The zero-order valence-corrected chi connectivity index (χ0v) is 17.0. The maximum Gasteiger partial charge on any atom is 0.338 e. The summed E-state index contributed by atoms with van der Waals surface area (Å²) in [6.45, 7) is -0.643. The van der Waals surface area contributed by atoms with E-state index in [0.29, 0.717) is 11.3 Å². The maximum atomic E-state index is 13.2. The predicted octanol–water partition coefficient (Wildman–Crippen LogP) is 3.57. The molecule has 7 nitrogen and oxygen atoms in total. The molecule has 1 N–H and O–H groups in total. The van der Waals surface area contributed by atoms with E-state index in [1.54, 1.807) is 18.2 Å². The van der Waals surface area contributed by atoms with E-state index in [4.69, 9.17) is 4.74 Å². The molecule has 3 aromatic carbocycles. The van der Waals surface area contributed by atoms with Crippen LogP contribution in [0.1, 0.15) is 26.3 Å². The topological polar surface area (TPSA) is 102 Å². The summed E-state index contributed by atoms with van der Waals surface area (Å²) in [5.41, 5.74) is 0.927. The number of anilines is 1. The molecule has 10 heteroatoms. The molecule has 1 aliphatic rings. The van der Waals surface area contributed by atoms with E-state index in [0.717, 1.165) is 18.2 Å². The van der Waals surface area contributed by atoms with Crippen LogP contribution in [0.2, 0.25) is 0 Å². The number of Topliss-reactive ketones (excluding diaryl/α,β-unsaturated/α-hetero) is 1. The predicted molar refractivity (Wildman–Crippen MR) is 111 cm³/mol. The van der Waals surface area contributed by atoms with Crippen LogP contribution in [0.5, 0.6) is 0 Å². The van der Waals surface area contributed by atoms with Crippen molar-refractivity contribution >= 4 is 33.3 Å². The van der Waals surface area contributed by atoms with Crippen LogP contribution in [0.4, 0.5) is 14.5 Å². The van der Waals surface area contributed by atoms with Gasteiger partial charge in [0.2, 0.25) is 0 Å². The second-order valence-corrected chi connectivity index (χ2v) is 8.31. The molecule has 1 heterocycles. The Hall–Kier alpha value is -3.92. The van der Waals surface area contributed by atoms with Crippen LogP contribution in [0.25, 0.3) is 0 Å². The molecule has 4 rings (SSSR count). The molecular weight excluding hydrogens is 442 g/mol. The van der Waals surface area contributed by atoms with Crippen LogP contribution in [0.15, 0.2) is 76.0 Å². The van der Waals surface area contributed by atoms with Gasteiger partial charge in [0.25, 0.3) is 10.0 Å². The van der Waals surface area contributed by atoms with Crippen molar-refractivity contribution in [2.45, 2.75) is 4.90 Å². The molecule has 0 atom stereocenters. The number of nitrogens with zero attached hydrogens (tertiary/aromatic N) is 1. The molecule has 0 amide bonds. The highest BCUT2D eigenvalue weighted by molar-refractivity contribution is 7.90. The van der Waals surface area contributed by atoms with Crippen LogP contribution >= 0.6 is 0 Å². The molecule has 0 radical (unpaired) electrons. The van der Waals surface area contributed by atoms with Gasteiger partial charge in [0.1, 0.15) is 4.90 Å². The normalized spacial score (nSPS) is 13.8. The zero-order chi connectivity index (χ0) is 22.9. The van der Waals surface area contributed by atoms with E-state index in [1.807, 2.05) is 0 Å². The van der Waals surface area contributed by atoms with Gasteiger partial charge in [0.05, 0.1) is 5.56 Å². The monoisotopic (exact) mass is 456 g/mol. The lowest BCUT2D eigenvalue weighted by Gasteiger charge is -2.08. The number of hydrogen-bond acceptors (Lipinski definition) is 6. The number of esters is 1. The summed E-state index contributed by atoms with van der Waals surface area (Å²) in [6, 6.07) is 14.9. The van der Waals surface area contributed by atoms with E-state index in [2.05, 4.69) is 9.71 Å². The van der Waals surface area contributed by atoms with Gasteiger partial charge in [0.15, 0.2) is 29.9 Å². The third-order valence-corrected chi connectivity index (χ3v) is 5.93. The van der Waals surface area contributed by atoms with Crippen LogP contribution in [0, 0.1) is 11.6 Å². The Morgan fingerprint density at radius 2 is 1.59 bits per heavy atom. The average molecular weight is 456 g/mol. The van der Waals surface area contributed by atoms with Crippen LogP contribution in [0.3, 0.4) is 0 Å². The number of amidine groups is 1. The van der Waals surface area contributed by atoms with Crippen molar-refractivity contribution in [2.24, 2.45) is 4.40 Å². The number of fused-ring (bicyclic) bond motifs is 1. The van der Waals surface area contributed by atoms with E-state index >= 15 is 0 Å². The first kappa shape index (κ1) is 21.3. The Morgan fingerprint density at radius 3 is 2.31 bits per heavy atom. The van der Waals surface area contributed by atoms with Crippen molar-refractivity contribution < 1.29 is 31.5 Å². The quantitative estimate of drug-likeness (QED) is 0.465. The Labute approximate surface area is 181 Å². The lowest BCUT2D eigenvalue weighted by Crippen LogP contribution is -2.15. The van der Waals surface area contributed by atoms with Crippen molar-refractivity contribution in [1.82, 2.24) is 0 Å². The molecule has 0 saturated carbocycles. The maximum absolute atomic E-state index is 13.2. The van der Waals surface area contributed by atoms with Gasteiger partial charge in [0, 0.05) is 16.8 Å². The summed E-state index contributed by atoms with van der Waals surface area (Å²) in [4.78, 5) is 24.3. The van der Waals surface area contributed by atoms with E-state index < -0.39 is 40.0 Å². The van der Waals surface area contributed by atoms with Crippen LogP contribution in [-0.4, -0.2) is 32.6 Å². The number of carbonyl (C=O) groups is 2.